The first-order valence-electron chi connectivity index (χ1n) is 6.69. The van der Waals surface area contributed by atoms with Crippen LogP contribution in [0, 0.1) is 6.92 Å². The second-order valence-electron chi connectivity index (χ2n) is 4.95. The van der Waals surface area contributed by atoms with Crippen LogP contribution >= 0.6 is 11.6 Å². The molecule has 3 aromatic rings. The van der Waals surface area contributed by atoms with Crippen molar-refractivity contribution >= 4 is 17.4 Å². The van der Waals surface area contributed by atoms with Gasteiger partial charge in [0.2, 0.25) is 0 Å². The Morgan fingerprint density at radius 2 is 1.67 bits per heavy atom. The lowest BCUT2D eigenvalue weighted by atomic mass is 10.0. The van der Waals surface area contributed by atoms with Gasteiger partial charge >= 0.3 is 0 Å². The van der Waals surface area contributed by atoms with Crippen molar-refractivity contribution in [2.45, 2.75) is 6.92 Å². The number of ketones is 1. The molecule has 0 N–H and O–H groups in total. The lowest BCUT2D eigenvalue weighted by Crippen LogP contribution is -2.03. The first-order chi connectivity index (χ1) is 10.1. The van der Waals surface area contributed by atoms with Gasteiger partial charge in [0.1, 0.15) is 0 Å². The number of benzene rings is 2. The molecule has 0 fully saturated rings. The lowest BCUT2D eigenvalue weighted by molar-refractivity contribution is 0.103. The van der Waals surface area contributed by atoms with Gasteiger partial charge in [-0.2, -0.15) is 0 Å². The largest absolute Gasteiger partial charge is 0.324 e. The third-order valence-corrected chi connectivity index (χ3v) is 3.73. The minimum Gasteiger partial charge on any atom is -0.324 e. The van der Waals surface area contributed by atoms with Crippen molar-refractivity contribution in [1.82, 2.24) is 4.57 Å². The van der Waals surface area contributed by atoms with E-state index in [1.54, 1.807) is 6.07 Å². The highest BCUT2D eigenvalue weighted by atomic mass is 35.5. The van der Waals surface area contributed by atoms with Gasteiger partial charge in [0, 0.05) is 29.2 Å². The molecule has 2 nitrogen and oxygen atoms in total. The van der Waals surface area contributed by atoms with Gasteiger partial charge in [-0.15, -0.1) is 0 Å². The van der Waals surface area contributed by atoms with Gasteiger partial charge in [-0.3, -0.25) is 4.79 Å². The van der Waals surface area contributed by atoms with Crippen LogP contribution in [0.15, 0.2) is 67.0 Å². The summed E-state index contributed by atoms with van der Waals surface area (Å²) in [6, 6.07) is 16.9. The standard InChI is InChI=1S/C18H14ClNO/c1-13-4-6-14(7-5-13)18(21)16-9-8-15(12-17(16)19)20-10-2-3-11-20/h2-12H,1H3. The molecule has 0 saturated heterocycles. The van der Waals surface area contributed by atoms with Crippen LogP contribution in [0.3, 0.4) is 0 Å². The van der Waals surface area contributed by atoms with Gasteiger partial charge in [-0.1, -0.05) is 41.4 Å². The van der Waals surface area contributed by atoms with E-state index in [-0.39, 0.29) is 5.78 Å². The van der Waals surface area contributed by atoms with Gasteiger partial charge in [-0.05, 0) is 37.3 Å². The van der Waals surface area contributed by atoms with Crippen molar-refractivity contribution < 1.29 is 4.79 Å². The number of rotatable bonds is 3. The summed E-state index contributed by atoms with van der Waals surface area (Å²) < 4.78 is 1.95. The van der Waals surface area contributed by atoms with Gasteiger partial charge in [0.05, 0.1) is 5.02 Å². The van der Waals surface area contributed by atoms with E-state index in [1.165, 1.54) is 0 Å². The molecule has 0 saturated carbocycles. The molecule has 0 spiro atoms. The molecule has 0 amide bonds. The Morgan fingerprint density at radius 1 is 1.00 bits per heavy atom. The number of hydrogen-bond donors (Lipinski definition) is 0. The number of aromatic nitrogens is 1. The topological polar surface area (TPSA) is 22.0 Å². The highest BCUT2D eigenvalue weighted by Gasteiger charge is 2.13. The number of aryl methyl sites for hydroxylation is 1. The Hall–Kier alpha value is -2.32. The maximum atomic E-state index is 12.5. The summed E-state index contributed by atoms with van der Waals surface area (Å²) in [7, 11) is 0. The monoisotopic (exact) mass is 295 g/mol. The van der Waals surface area contributed by atoms with Crippen molar-refractivity contribution in [1.29, 1.82) is 0 Å². The molecule has 3 heteroatoms. The van der Waals surface area contributed by atoms with Crippen LogP contribution < -0.4 is 0 Å². The van der Waals surface area contributed by atoms with Crippen LogP contribution in [-0.4, -0.2) is 10.4 Å². The van der Waals surface area contributed by atoms with Gasteiger partial charge in [0.25, 0.3) is 0 Å². The quantitative estimate of drug-likeness (QED) is 0.644. The summed E-state index contributed by atoms with van der Waals surface area (Å²) in [4.78, 5) is 12.5. The Morgan fingerprint density at radius 3 is 2.29 bits per heavy atom. The maximum absolute atomic E-state index is 12.5. The molecule has 0 atom stereocenters. The second kappa shape index (κ2) is 5.58. The first-order valence-corrected chi connectivity index (χ1v) is 7.07. The molecule has 0 unspecified atom stereocenters. The average molecular weight is 296 g/mol. The fourth-order valence-corrected chi connectivity index (χ4v) is 2.48. The highest BCUT2D eigenvalue weighted by molar-refractivity contribution is 6.35. The molecule has 21 heavy (non-hydrogen) atoms. The van der Waals surface area contributed by atoms with E-state index < -0.39 is 0 Å². The van der Waals surface area contributed by atoms with E-state index in [0.29, 0.717) is 16.1 Å². The zero-order valence-corrected chi connectivity index (χ0v) is 12.3. The molecule has 104 valence electrons. The van der Waals surface area contributed by atoms with E-state index in [4.69, 9.17) is 11.6 Å². The molecule has 1 aromatic heterocycles. The van der Waals surface area contributed by atoms with Gasteiger partial charge in [-0.25, -0.2) is 0 Å². The second-order valence-corrected chi connectivity index (χ2v) is 5.36. The summed E-state index contributed by atoms with van der Waals surface area (Å²) in [5, 5.41) is 0.465. The molecule has 0 radical (unpaired) electrons. The van der Waals surface area contributed by atoms with Gasteiger partial charge in [0.15, 0.2) is 5.78 Å². The molecule has 0 bridgehead atoms. The van der Waals surface area contributed by atoms with E-state index >= 15 is 0 Å². The minimum absolute atomic E-state index is 0.0564. The summed E-state index contributed by atoms with van der Waals surface area (Å²) >= 11 is 6.29. The fourth-order valence-electron chi connectivity index (χ4n) is 2.22. The van der Waals surface area contributed by atoms with E-state index in [0.717, 1.165) is 11.3 Å². The van der Waals surface area contributed by atoms with E-state index in [2.05, 4.69) is 0 Å². The van der Waals surface area contributed by atoms with E-state index in [9.17, 15) is 4.79 Å². The van der Waals surface area contributed by atoms with Crippen molar-refractivity contribution in [3.8, 4) is 5.69 Å². The Bertz CT molecular complexity index is 773. The van der Waals surface area contributed by atoms with Crippen molar-refractivity contribution in [2.24, 2.45) is 0 Å². The Labute approximate surface area is 128 Å². The van der Waals surface area contributed by atoms with Crippen LogP contribution in [0.2, 0.25) is 5.02 Å². The van der Waals surface area contributed by atoms with Crippen molar-refractivity contribution in [3.63, 3.8) is 0 Å². The highest BCUT2D eigenvalue weighted by Crippen LogP contribution is 2.23. The number of carbonyl (C=O) groups is 1. The third-order valence-electron chi connectivity index (χ3n) is 3.41. The Balaban J connectivity index is 1.96. The summed E-state index contributed by atoms with van der Waals surface area (Å²) in [6.07, 6.45) is 3.88. The van der Waals surface area contributed by atoms with Crippen LogP contribution in [0.5, 0.6) is 0 Å². The molecule has 0 aliphatic carbocycles. The number of carbonyl (C=O) groups excluding carboxylic acids is 1. The average Bonchev–Trinajstić information content (AvgIpc) is 3.01. The van der Waals surface area contributed by atoms with Gasteiger partial charge < -0.3 is 4.57 Å². The third kappa shape index (κ3) is 2.76. The molecular formula is C18H14ClNO. The molecule has 3 rings (SSSR count). The normalized spacial score (nSPS) is 10.6. The van der Waals surface area contributed by atoms with Crippen molar-refractivity contribution in [2.75, 3.05) is 0 Å². The van der Waals surface area contributed by atoms with Crippen molar-refractivity contribution in [3.05, 3.63) is 88.7 Å². The maximum Gasteiger partial charge on any atom is 0.194 e. The fraction of sp³-hybridized carbons (Fsp3) is 0.0556. The molecule has 2 aromatic carbocycles. The summed E-state index contributed by atoms with van der Waals surface area (Å²) in [5.74, 6) is -0.0564. The number of hydrogen-bond acceptors (Lipinski definition) is 1. The Kier molecular flexibility index (Phi) is 3.63. The number of halogens is 1. The van der Waals surface area contributed by atoms with Crippen LogP contribution in [0.1, 0.15) is 21.5 Å². The molecular weight excluding hydrogens is 282 g/mol. The lowest BCUT2D eigenvalue weighted by Gasteiger charge is -2.08. The smallest absolute Gasteiger partial charge is 0.194 e. The summed E-state index contributed by atoms with van der Waals surface area (Å²) in [6.45, 7) is 1.99. The predicted octanol–water partition coefficient (Wildman–Crippen LogP) is 4.67. The zero-order valence-electron chi connectivity index (χ0n) is 11.6. The predicted molar refractivity (Wildman–Crippen MR) is 85.4 cm³/mol. The number of nitrogens with zero attached hydrogens (tertiary/aromatic N) is 1. The zero-order chi connectivity index (χ0) is 14.8. The SMILES string of the molecule is Cc1ccc(C(=O)c2ccc(-n3cccc3)cc2Cl)cc1. The first kappa shape index (κ1) is 13.7. The molecule has 0 aliphatic rings. The van der Waals surface area contributed by atoms with Crippen LogP contribution in [-0.2, 0) is 0 Å². The van der Waals surface area contributed by atoms with E-state index in [1.807, 2.05) is 72.4 Å². The molecule has 1 heterocycles. The van der Waals surface area contributed by atoms with Crippen LogP contribution in [0.25, 0.3) is 5.69 Å². The molecule has 0 aliphatic heterocycles. The van der Waals surface area contributed by atoms with Crippen LogP contribution in [0.4, 0.5) is 0 Å². The minimum atomic E-state index is -0.0564. The summed E-state index contributed by atoms with van der Waals surface area (Å²) in [5.41, 5.74) is 3.23.